The average Bonchev–Trinajstić information content (AvgIpc) is 2.60. The lowest BCUT2D eigenvalue weighted by molar-refractivity contribution is -0.123. The Hall–Kier alpha value is -1.15. The summed E-state index contributed by atoms with van der Waals surface area (Å²) < 4.78 is 27.1. The van der Waals surface area contributed by atoms with Crippen molar-refractivity contribution in [2.75, 3.05) is 6.54 Å². The maximum atomic E-state index is 12.4. The van der Waals surface area contributed by atoms with E-state index in [4.69, 9.17) is 17.3 Å². The molecule has 140 valence electrons. The van der Waals surface area contributed by atoms with E-state index in [9.17, 15) is 13.2 Å². The molecule has 1 saturated carbocycles. The molecule has 1 aliphatic rings. The van der Waals surface area contributed by atoms with Crippen molar-refractivity contribution in [3.63, 3.8) is 0 Å². The minimum Gasteiger partial charge on any atom is -0.350 e. The first kappa shape index (κ1) is 20.2. The smallest absolute Gasteiger partial charge is 0.241 e. The third kappa shape index (κ3) is 5.67. The van der Waals surface area contributed by atoms with E-state index >= 15 is 0 Å². The van der Waals surface area contributed by atoms with Gasteiger partial charge in [-0.15, -0.1) is 0 Å². The fourth-order valence-corrected chi connectivity index (χ4v) is 4.51. The molecular weight excluding hydrogens is 362 g/mol. The van der Waals surface area contributed by atoms with Gasteiger partial charge in [0, 0.05) is 17.6 Å². The first-order chi connectivity index (χ1) is 11.8. The van der Waals surface area contributed by atoms with Crippen LogP contribution < -0.4 is 15.8 Å². The van der Waals surface area contributed by atoms with Crippen LogP contribution in [0.3, 0.4) is 0 Å². The van der Waals surface area contributed by atoms with E-state index < -0.39 is 16.1 Å². The maximum absolute atomic E-state index is 12.4. The van der Waals surface area contributed by atoms with Gasteiger partial charge in [0.05, 0.1) is 10.9 Å². The number of benzene rings is 1. The molecule has 0 saturated heterocycles. The van der Waals surface area contributed by atoms with Crippen molar-refractivity contribution in [3.8, 4) is 0 Å². The number of rotatable bonds is 7. The summed E-state index contributed by atoms with van der Waals surface area (Å²) in [6.07, 6.45) is 5.62. The molecule has 4 N–H and O–H groups in total. The van der Waals surface area contributed by atoms with E-state index in [2.05, 4.69) is 10.0 Å². The van der Waals surface area contributed by atoms with Crippen LogP contribution in [0.4, 0.5) is 0 Å². The summed E-state index contributed by atoms with van der Waals surface area (Å²) in [6.45, 7) is 1.88. The van der Waals surface area contributed by atoms with Gasteiger partial charge in [0.1, 0.15) is 0 Å². The van der Waals surface area contributed by atoms with Gasteiger partial charge < -0.3 is 11.1 Å². The highest BCUT2D eigenvalue weighted by Gasteiger charge is 2.27. The Morgan fingerprint density at radius 3 is 2.40 bits per heavy atom. The lowest BCUT2D eigenvalue weighted by atomic mass is 9.84. The topological polar surface area (TPSA) is 101 Å². The lowest BCUT2D eigenvalue weighted by Gasteiger charge is -2.31. The normalized spacial score (nSPS) is 18.5. The van der Waals surface area contributed by atoms with Gasteiger partial charge in [-0.1, -0.05) is 30.9 Å². The third-order valence-electron chi connectivity index (χ3n) is 4.65. The summed E-state index contributed by atoms with van der Waals surface area (Å²) >= 11 is 5.77. The fourth-order valence-electron chi connectivity index (χ4n) is 3.18. The van der Waals surface area contributed by atoms with Crippen molar-refractivity contribution in [3.05, 3.63) is 29.3 Å². The van der Waals surface area contributed by atoms with Crippen molar-refractivity contribution < 1.29 is 13.2 Å². The van der Waals surface area contributed by atoms with Crippen LogP contribution in [0, 0.1) is 5.92 Å². The Morgan fingerprint density at radius 1 is 1.24 bits per heavy atom. The SMILES string of the molecule is CC(NS(=O)(=O)c1ccc(Cl)cc1)C(=O)NC(CN)C1CCCCC1. The molecule has 0 heterocycles. The third-order valence-corrected chi connectivity index (χ3v) is 6.46. The molecule has 0 aliphatic heterocycles. The number of carbonyl (C=O) groups excluding carboxylic acids is 1. The van der Waals surface area contributed by atoms with Crippen molar-refractivity contribution >= 4 is 27.5 Å². The zero-order valence-electron chi connectivity index (χ0n) is 14.4. The molecule has 2 unspecified atom stereocenters. The lowest BCUT2D eigenvalue weighted by Crippen LogP contribution is -2.52. The summed E-state index contributed by atoms with van der Waals surface area (Å²) in [6, 6.07) is 4.79. The number of amides is 1. The fraction of sp³-hybridized carbons (Fsp3) is 0.588. The number of sulfonamides is 1. The maximum Gasteiger partial charge on any atom is 0.241 e. The van der Waals surface area contributed by atoms with Gasteiger partial charge in [-0.2, -0.15) is 4.72 Å². The molecule has 1 aliphatic carbocycles. The molecule has 6 nitrogen and oxygen atoms in total. The molecule has 1 aromatic carbocycles. The van der Waals surface area contributed by atoms with Gasteiger partial charge in [-0.3, -0.25) is 4.79 Å². The molecule has 1 aromatic rings. The van der Waals surface area contributed by atoms with Crippen molar-refractivity contribution in [2.24, 2.45) is 11.7 Å². The summed E-state index contributed by atoms with van der Waals surface area (Å²) in [5, 5.41) is 3.35. The Balaban J connectivity index is 1.97. The van der Waals surface area contributed by atoms with E-state index in [1.165, 1.54) is 37.6 Å². The highest BCUT2D eigenvalue weighted by atomic mass is 35.5. The standard InChI is InChI=1S/C17H26ClN3O3S/c1-12(21-25(23,24)15-9-7-14(18)8-10-15)17(22)20-16(11-19)13-5-3-2-4-6-13/h7-10,12-13,16,21H,2-6,11,19H2,1H3,(H,20,22). The molecule has 25 heavy (non-hydrogen) atoms. The van der Waals surface area contributed by atoms with E-state index in [0.717, 1.165) is 25.7 Å². The molecule has 0 aromatic heterocycles. The van der Waals surface area contributed by atoms with Crippen LogP contribution >= 0.6 is 11.6 Å². The minimum atomic E-state index is -3.79. The van der Waals surface area contributed by atoms with Crippen LogP contribution in [0.1, 0.15) is 39.0 Å². The predicted octanol–water partition coefficient (Wildman–Crippen LogP) is 2.03. The van der Waals surface area contributed by atoms with Gasteiger partial charge in [-0.05, 0) is 49.9 Å². The molecule has 8 heteroatoms. The van der Waals surface area contributed by atoms with Gasteiger partial charge in [0.2, 0.25) is 15.9 Å². The van der Waals surface area contributed by atoms with Gasteiger partial charge in [-0.25, -0.2) is 8.42 Å². The van der Waals surface area contributed by atoms with E-state index in [-0.39, 0.29) is 16.8 Å². The van der Waals surface area contributed by atoms with Gasteiger partial charge >= 0.3 is 0 Å². The van der Waals surface area contributed by atoms with Crippen LogP contribution in [0.2, 0.25) is 5.02 Å². The highest BCUT2D eigenvalue weighted by molar-refractivity contribution is 7.89. The largest absolute Gasteiger partial charge is 0.350 e. The summed E-state index contributed by atoms with van der Waals surface area (Å²) in [4.78, 5) is 12.5. The molecule has 1 fully saturated rings. The summed E-state index contributed by atoms with van der Waals surface area (Å²) in [5.41, 5.74) is 5.82. The van der Waals surface area contributed by atoms with E-state index in [0.29, 0.717) is 17.5 Å². The van der Waals surface area contributed by atoms with Crippen LogP contribution in [0.5, 0.6) is 0 Å². The van der Waals surface area contributed by atoms with Crippen molar-refractivity contribution in [1.29, 1.82) is 0 Å². The van der Waals surface area contributed by atoms with Crippen LogP contribution in [0.25, 0.3) is 0 Å². The quantitative estimate of drug-likeness (QED) is 0.666. The second kappa shape index (κ2) is 8.98. The number of nitrogens with one attached hydrogen (secondary N) is 2. The second-order valence-corrected chi connectivity index (χ2v) is 8.70. The van der Waals surface area contributed by atoms with E-state index in [1.54, 1.807) is 0 Å². The molecule has 0 spiro atoms. The Kier molecular flexibility index (Phi) is 7.25. The van der Waals surface area contributed by atoms with Gasteiger partial charge in [0.15, 0.2) is 0 Å². The molecular formula is C17H26ClN3O3S. The molecule has 1 amide bonds. The Bertz CT molecular complexity index is 673. The van der Waals surface area contributed by atoms with Crippen molar-refractivity contribution in [2.45, 2.75) is 56.0 Å². The highest BCUT2D eigenvalue weighted by Crippen LogP contribution is 2.26. The van der Waals surface area contributed by atoms with Crippen LogP contribution in [-0.2, 0) is 14.8 Å². The van der Waals surface area contributed by atoms with Crippen LogP contribution in [-0.4, -0.2) is 33.0 Å². The zero-order chi connectivity index (χ0) is 18.4. The van der Waals surface area contributed by atoms with Gasteiger partial charge in [0.25, 0.3) is 0 Å². The first-order valence-corrected chi connectivity index (χ1v) is 10.5. The number of halogens is 1. The zero-order valence-corrected chi connectivity index (χ0v) is 15.9. The molecule has 2 rings (SSSR count). The predicted molar refractivity (Wildman–Crippen MR) is 98.8 cm³/mol. The molecule has 0 radical (unpaired) electrons. The first-order valence-electron chi connectivity index (χ1n) is 8.62. The second-order valence-electron chi connectivity index (χ2n) is 6.55. The monoisotopic (exact) mass is 387 g/mol. The summed E-state index contributed by atoms with van der Waals surface area (Å²) in [5.74, 6) is 0.00124. The average molecular weight is 388 g/mol. The van der Waals surface area contributed by atoms with Crippen LogP contribution in [0.15, 0.2) is 29.2 Å². The minimum absolute atomic E-state index is 0.0687. The number of carbonyl (C=O) groups is 1. The van der Waals surface area contributed by atoms with Crippen molar-refractivity contribution in [1.82, 2.24) is 10.0 Å². The van der Waals surface area contributed by atoms with E-state index in [1.807, 2.05) is 0 Å². The Labute approximate surface area is 154 Å². The number of hydrogen-bond acceptors (Lipinski definition) is 4. The number of hydrogen-bond donors (Lipinski definition) is 3. The molecule has 0 bridgehead atoms. The molecule has 2 atom stereocenters. The number of nitrogens with two attached hydrogens (primary N) is 1. The summed E-state index contributed by atoms with van der Waals surface area (Å²) in [7, 11) is -3.79. The Morgan fingerprint density at radius 2 is 1.84 bits per heavy atom.